The molecule has 1 aliphatic heterocycles. The normalized spacial score (nSPS) is 18.9. The minimum atomic E-state index is -1.03. The molecule has 0 radical (unpaired) electrons. The largest absolute Gasteiger partial charge is 0.480 e. The van der Waals surface area contributed by atoms with Crippen LogP contribution in [0.2, 0.25) is 0 Å². The van der Waals surface area contributed by atoms with E-state index in [1.165, 1.54) is 17.7 Å². The molecule has 5 heteroatoms. The predicted molar refractivity (Wildman–Crippen MR) is 67.9 cm³/mol. The van der Waals surface area contributed by atoms with Gasteiger partial charge in [0.15, 0.2) is 0 Å². The molecule has 2 N–H and O–H groups in total. The Morgan fingerprint density at radius 2 is 2.22 bits per heavy atom. The fraction of sp³-hybridized carbons (Fsp3) is 0.692. The third-order valence-corrected chi connectivity index (χ3v) is 3.08. The number of carbonyl (C=O) groups excluding carboxylic acids is 1. The first kappa shape index (κ1) is 14.5. The molecular formula is C13H20N2O3. The first-order valence-corrected chi connectivity index (χ1v) is 6.30. The number of rotatable bonds is 6. The number of carbonyl (C=O) groups is 2. The molecule has 0 aromatic heterocycles. The molecule has 1 atom stereocenters. The first-order chi connectivity index (χ1) is 8.63. The van der Waals surface area contributed by atoms with Crippen molar-refractivity contribution >= 4 is 11.9 Å². The van der Waals surface area contributed by atoms with Crippen molar-refractivity contribution in [2.75, 3.05) is 19.6 Å². The summed E-state index contributed by atoms with van der Waals surface area (Å²) in [4.78, 5) is 23.7. The van der Waals surface area contributed by atoms with E-state index in [1.54, 1.807) is 0 Å². The highest BCUT2D eigenvalue weighted by molar-refractivity contribution is 5.81. The molecule has 0 aromatic carbocycles. The molecule has 100 valence electrons. The second-order valence-corrected chi connectivity index (χ2v) is 4.53. The molecule has 1 aliphatic rings. The molecule has 0 aromatic rings. The Labute approximate surface area is 108 Å². The fourth-order valence-corrected chi connectivity index (χ4v) is 2.13. The van der Waals surface area contributed by atoms with Gasteiger partial charge in [0.25, 0.3) is 0 Å². The number of aliphatic carboxylic acids is 1. The lowest BCUT2D eigenvalue weighted by Gasteiger charge is -2.24. The minimum Gasteiger partial charge on any atom is -0.480 e. The molecule has 1 fully saturated rings. The summed E-state index contributed by atoms with van der Waals surface area (Å²) in [6, 6.07) is 0.375. The lowest BCUT2D eigenvalue weighted by atomic mass is 10.0. The van der Waals surface area contributed by atoms with Crippen molar-refractivity contribution in [1.29, 1.82) is 0 Å². The van der Waals surface area contributed by atoms with Gasteiger partial charge >= 0.3 is 5.97 Å². The summed E-state index contributed by atoms with van der Waals surface area (Å²) in [5.41, 5.74) is 0. The van der Waals surface area contributed by atoms with Gasteiger partial charge in [-0.05, 0) is 25.8 Å². The van der Waals surface area contributed by atoms with Gasteiger partial charge in [-0.3, -0.25) is 9.59 Å². The standard InChI is InChI=1S/C13H20N2O3/c1-2-9-15(10-13(17)18)12(16)7-6-11-5-3-4-8-14-11/h1,11,14H,3-10H2,(H,17,18). The number of hydrogen-bond acceptors (Lipinski definition) is 3. The lowest BCUT2D eigenvalue weighted by Crippen LogP contribution is -2.38. The molecule has 0 bridgehead atoms. The van der Waals surface area contributed by atoms with Crippen LogP contribution in [0.25, 0.3) is 0 Å². The number of carboxylic acids is 1. The van der Waals surface area contributed by atoms with E-state index in [9.17, 15) is 9.59 Å². The highest BCUT2D eigenvalue weighted by Crippen LogP contribution is 2.12. The third kappa shape index (κ3) is 5.19. The molecule has 18 heavy (non-hydrogen) atoms. The number of nitrogens with one attached hydrogen (secondary N) is 1. The van der Waals surface area contributed by atoms with Gasteiger partial charge in [0.2, 0.25) is 5.91 Å². The van der Waals surface area contributed by atoms with E-state index in [0.29, 0.717) is 12.5 Å². The quantitative estimate of drug-likeness (QED) is 0.674. The van der Waals surface area contributed by atoms with Gasteiger partial charge in [0, 0.05) is 12.5 Å². The molecule has 5 nitrogen and oxygen atoms in total. The predicted octanol–water partition coefficient (Wildman–Crippen LogP) is 0.455. The number of hydrogen-bond donors (Lipinski definition) is 2. The summed E-state index contributed by atoms with van der Waals surface area (Å²) in [5.74, 6) is 1.11. The van der Waals surface area contributed by atoms with E-state index >= 15 is 0 Å². The molecule has 1 saturated heterocycles. The molecular weight excluding hydrogens is 232 g/mol. The SMILES string of the molecule is C#CCN(CC(=O)O)C(=O)CCC1CCCCN1. The van der Waals surface area contributed by atoms with E-state index in [0.717, 1.165) is 19.4 Å². The van der Waals surface area contributed by atoms with Crippen molar-refractivity contribution in [3.05, 3.63) is 0 Å². The van der Waals surface area contributed by atoms with Crippen molar-refractivity contribution in [3.63, 3.8) is 0 Å². The average Bonchev–Trinajstić information content (AvgIpc) is 2.36. The highest BCUT2D eigenvalue weighted by Gasteiger charge is 2.18. The van der Waals surface area contributed by atoms with Crippen LogP contribution in [0.15, 0.2) is 0 Å². The number of carboxylic acid groups (broad SMARTS) is 1. The van der Waals surface area contributed by atoms with Crippen LogP contribution in [0.1, 0.15) is 32.1 Å². The van der Waals surface area contributed by atoms with E-state index in [-0.39, 0.29) is 19.0 Å². The van der Waals surface area contributed by atoms with E-state index in [2.05, 4.69) is 11.2 Å². The zero-order valence-corrected chi connectivity index (χ0v) is 10.5. The van der Waals surface area contributed by atoms with Crippen molar-refractivity contribution in [1.82, 2.24) is 10.2 Å². The fourth-order valence-electron chi connectivity index (χ4n) is 2.13. The summed E-state index contributed by atoms with van der Waals surface area (Å²) >= 11 is 0. The second-order valence-electron chi connectivity index (χ2n) is 4.53. The Morgan fingerprint density at radius 1 is 1.44 bits per heavy atom. The van der Waals surface area contributed by atoms with E-state index in [4.69, 9.17) is 11.5 Å². The molecule has 1 amide bonds. The summed E-state index contributed by atoms with van der Waals surface area (Å²) in [7, 11) is 0. The van der Waals surface area contributed by atoms with Gasteiger partial charge in [-0.15, -0.1) is 6.42 Å². The van der Waals surface area contributed by atoms with Crippen LogP contribution in [0.5, 0.6) is 0 Å². The topological polar surface area (TPSA) is 69.6 Å². The minimum absolute atomic E-state index is 0.0588. The molecule has 1 rings (SSSR count). The van der Waals surface area contributed by atoms with Crippen LogP contribution in [-0.2, 0) is 9.59 Å². The summed E-state index contributed by atoms with van der Waals surface area (Å²) < 4.78 is 0. The number of piperidine rings is 1. The number of nitrogens with zero attached hydrogens (tertiary/aromatic N) is 1. The second kappa shape index (κ2) is 7.72. The van der Waals surface area contributed by atoms with Gasteiger partial charge in [-0.25, -0.2) is 0 Å². The first-order valence-electron chi connectivity index (χ1n) is 6.30. The smallest absolute Gasteiger partial charge is 0.323 e. The van der Waals surface area contributed by atoms with Gasteiger partial charge in [0.1, 0.15) is 6.54 Å². The van der Waals surface area contributed by atoms with Crippen LogP contribution in [0, 0.1) is 12.3 Å². The van der Waals surface area contributed by atoms with Crippen LogP contribution in [-0.4, -0.2) is 47.6 Å². The zero-order valence-electron chi connectivity index (χ0n) is 10.5. The molecule has 1 unspecified atom stereocenters. The Balaban J connectivity index is 2.35. The zero-order chi connectivity index (χ0) is 13.4. The molecule has 1 heterocycles. The van der Waals surface area contributed by atoms with Gasteiger partial charge in [-0.2, -0.15) is 0 Å². The van der Waals surface area contributed by atoms with Crippen molar-refractivity contribution in [3.8, 4) is 12.3 Å². The molecule has 0 spiro atoms. The lowest BCUT2D eigenvalue weighted by molar-refractivity contribution is -0.144. The number of amides is 1. The van der Waals surface area contributed by atoms with Crippen LogP contribution in [0.4, 0.5) is 0 Å². The van der Waals surface area contributed by atoms with Crippen LogP contribution < -0.4 is 5.32 Å². The highest BCUT2D eigenvalue weighted by atomic mass is 16.4. The average molecular weight is 252 g/mol. The number of terminal acetylenes is 1. The molecule has 0 aliphatic carbocycles. The van der Waals surface area contributed by atoms with Crippen LogP contribution in [0.3, 0.4) is 0 Å². The summed E-state index contributed by atoms with van der Waals surface area (Å²) in [5, 5.41) is 12.1. The van der Waals surface area contributed by atoms with E-state index in [1.807, 2.05) is 0 Å². The van der Waals surface area contributed by atoms with Crippen molar-refractivity contribution < 1.29 is 14.7 Å². The Bertz CT molecular complexity index is 330. The van der Waals surface area contributed by atoms with Crippen molar-refractivity contribution in [2.24, 2.45) is 0 Å². The van der Waals surface area contributed by atoms with Gasteiger partial charge in [0.05, 0.1) is 6.54 Å². The maximum absolute atomic E-state index is 11.9. The monoisotopic (exact) mass is 252 g/mol. The van der Waals surface area contributed by atoms with E-state index < -0.39 is 5.97 Å². The van der Waals surface area contributed by atoms with Gasteiger partial charge < -0.3 is 15.3 Å². The maximum Gasteiger partial charge on any atom is 0.323 e. The summed E-state index contributed by atoms with van der Waals surface area (Å²) in [6.07, 6.45) is 9.70. The third-order valence-electron chi connectivity index (χ3n) is 3.08. The Hall–Kier alpha value is -1.54. The summed E-state index contributed by atoms with van der Waals surface area (Å²) in [6.45, 7) is 0.742. The van der Waals surface area contributed by atoms with Crippen molar-refractivity contribution in [2.45, 2.75) is 38.1 Å². The van der Waals surface area contributed by atoms with Gasteiger partial charge in [-0.1, -0.05) is 12.3 Å². The Kier molecular flexibility index (Phi) is 6.23. The maximum atomic E-state index is 11.9. The molecule has 0 saturated carbocycles. The Morgan fingerprint density at radius 3 is 2.78 bits per heavy atom. The van der Waals surface area contributed by atoms with Crippen LogP contribution >= 0.6 is 0 Å².